The zero-order chi connectivity index (χ0) is 21.4. The van der Waals surface area contributed by atoms with Crippen LogP contribution in [0.4, 0.5) is 0 Å². The Labute approximate surface area is 178 Å². The Kier molecular flexibility index (Phi) is 4.52. The third-order valence-corrected chi connectivity index (χ3v) is 5.05. The van der Waals surface area contributed by atoms with Crippen molar-refractivity contribution in [3.8, 4) is 11.3 Å². The minimum absolute atomic E-state index is 0.156. The number of cyclic esters (lactones) is 1. The molecule has 1 aliphatic heterocycles. The number of carbonyl (C=O) groups excluding carboxylic acids is 2. The zero-order valence-corrected chi connectivity index (χ0v) is 16.6. The third kappa shape index (κ3) is 3.44. The molecule has 2 heterocycles. The topological polar surface area (TPSA) is 73.6 Å². The van der Waals surface area contributed by atoms with Gasteiger partial charge in [0.25, 0.3) is 0 Å². The maximum atomic E-state index is 12.6. The average molecular weight is 407 g/mol. The fourth-order valence-electron chi connectivity index (χ4n) is 3.56. The summed E-state index contributed by atoms with van der Waals surface area (Å²) in [5, 5.41) is 6.37. The minimum atomic E-state index is -0.544. The first kappa shape index (κ1) is 18.7. The summed E-state index contributed by atoms with van der Waals surface area (Å²) in [5.74, 6) is -0.512. The molecule has 0 N–H and O–H groups in total. The first-order valence-electron chi connectivity index (χ1n) is 9.77. The van der Waals surface area contributed by atoms with Gasteiger partial charge in [0.2, 0.25) is 11.8 Å². The number of ether oxygens (including phenoxy) is 1. The number of nitrogens with zero attached hydrogens (tertiary/aromatic N) is 3. The van der Waals surface area contributed by atoms with E-state index in [2.05, 4.69) is 10.1 Å². The van der Waals surface area contributed by atoms with Gasteiger partial charge in [0.1, 0.15) is 5.69 Å². The summed E-state index contributed by atoms with van der Waals surface area (Å²) in [6, 6.07) is 23.1. The molecule has 1 aliphatic rings. The second kappa shape index (κ2) is 7.50. The lowest BCUT2D eigenvalue weighted by molar-refractivity contribution is -0.129. The molecule has 31 heavy (non-hydrogen) atoms. The molecule has 5 rings (SSSR count). The highest BCUT2D eigenvalue weighted by Gasteiger charge is 2.26. The molecule has 6 heteroatoms. The van der Waals surface area contributed by atoms with E-state index in [4.69, 9.17) is 4.74 Å². The Morgan fingerprint density at radius 2 is 1.71 bits per heavy atom. The highest BCUT2D eigenvalue weighted by molar-refractivity contribution is 6.17. The summed E-state index contributed by atoms with van der Waals surface area (Å²) in [6.07, 6.45) is 3.20. The number of hydrogen-bond donors (Lipinski definition) is 0. The molecule has 0 saturated heterocycles. The number of aromatic nitrogens is 2. The van der Waals surface area contributed by atoms with E-state index in [1.54, 1.807) is 12.3 Å². The molecule has 0 bridgehead atoms. The minimum Gasteiger partial charge on any atom is -0.402 e. The molecule has 3 aromatic carbocycles. The van der Waals surface area contributed by atoms with Crippen LogP contribution in [-0.2, 0) is 9.53 Å². The molecule has 0 fully saturated rings. The third-order valence-electron chi connectivity index (χ3n) is 5.05. The van der Waals surface area contributed by atoms with Gasteiger partial charge in [-0.15, -0.1) is 0 Å². The van der Waals surface area contributed by atoms with Crippen molar-refractivity contribution in [3.05, 3.63) is 95.8 Å². The normalized spacial score (nSPS) is 14.7. The van der Waals surface area contributed by atoms with Gasteiger partial charge in [-0.2, -0.15) is 5.10 Å². The Balaban J connectivity index is 1.61. The largest absolute Gasteiger partial charge is 0.402 e. The fourth-order valence-corrected chi connectivity index (χ4v) is 3.56. The van der Waals surface area contributed by atoms with Gasteiger partial charge in [-0.3, -0.25) is 4.79 Å². The van der Waals surface area contributed by atoms with Crippen LogP contribution in [0.25, 0.3) is 28.1 Å². The number of carbonyl (C=O) groups is 2. The van der Waals surface area contributed by atoms with E-state index < -0.39 is 5.97 Å². The van der Waals surface area contributed by atoms with Crippen LogP contribution in [-0.4, -0.2) is 27.6 Å². The summed E-state index contributed by atoms with van der Waals surface area (Å²) in [4.78, 5) is 28.9. The van der Waals surface area contributed by atoms with Crippen LogP contribution in [0, 0.1) is 0 Å². The van der Waals surface area contributed by atoms with E-state index >= 15 is 0 Å². The van der Waals surface area contributed by atoms with Crippen LogP contribution >= 0.6 is 0 Å². The van der Waals surface area contributed by atoms with E-state index in [9.17, 15) is 9.59 Å². The van der Waals surface area contributed by atoms with Crippen LogP contribution in [0.3, 0.4) is 0 Å². The molecule has 0 saturated carbocycles. The molecule has 0 unspecified atom stereocenters. The summed E-state index contributed by atoms with van der Waals surface area (Å²) in [7, 11) is 0. The van der Waals surface area contributed by atoms with Crippen molar-refractivity contribution in [2.75, 3.05) is 0 Å². The van der Waals surface area contributed by atoms with Crippen molar-refractivity contribution in [3.63, 3.8) is 0 Å². The smallest absolute Gasteiger partial charge is 0.363 e. The van der Waals surface area contributed by atoms with E-state index in [-0.39, 0.29) is 17.5 Å². The lowest BCUT2D eigenvalue weighted by Crippen LogP contribution is -2.06. The van der Waals surface area contributed by atoms with Crippen molar-refractivity contribution < 1.29 is 14.3 Å². The number of esters is 1. The van der Waals surface area contributed by atoms with Gasteiger partial charge in [0, 0.05) is 29.8 Å². The van der Waals surface area contributed by atoms with Crippen molar-refractivity contribution in [1.82, 2.24) is 9.78 Å². The first-order chi connectivity index (χ1) is 15.1. The van der Waals surface area contributed by atoms with Crippen molar-refractivity contribution >= 4 is 34.6 Å². The number of hydrogen-bond acceptors (Lipinski definition) is 5. The molecule has 6 nitrogen and oxygen atoms in total. The standard InChI is InChI=1S/C25H17N3O3/c1-16(29)28-15-19(23(27-28)18-9-3-2-4-10-18)14-22-25(30)31-24(26-22)21-13-7-11-17-8-5-6-12-20(17)21/h2-15H,1H3/b22-14-. The fraction of sp³-hybridized carbons (Fsp3) is 0.0400. The predicted octanol–water partition coefficient (Wildman–Crippen LogP) is 4.71. The van der Waals surface area contributed by atoms with Crippen LogP contribution < -0.4 is 0 Å². The number of aliphatic imine (C=N–C) groups is 1. The lowest BCUT2D eigenvalue weighted by Gasteiger charge is -2.04. The van der Waals surface area contributed by atoms with Crippen LogP contribution in [0.15, 0.2) is 89.7 Å². The van der Waals surface area contributed by atoms with Gasteiger partial charge in [-0.25, -0.2) is 14.5 Å². The van der Waals surface area contributed by atoms with Crippen LogP contribution in [0.5, 0.6) is 0 Å². The van der Waals surface area contributed by atoms with Crippen molar-refractivity contribution in [1.29, 1.82) is 0 Å². The van der Waals surface area contributed by atoms with Gasteiger partial charge in [-0.1, -0.05) is 66.7 Å². The molecule has 0 radical (unpaired) electrons. The van der Waals surface area contributed by atoms with Crippen molar-refractivity contribution in [2.45, 2.75) is 6.92 Å². The summed E-state index contributed by atoms with van der Waals surface area (Å²) in [6.45, 7) is 1.43. The molecule has 0 amide bonds. The molecular formula is C25H17N3O3. The summed E-state index contributed by atoms with van der Waals surface area (Å²) in [5.41, 5.74) is 2.93. The summed E-state index contributed by atoms with van der Waals surface area (Å²) < 4.78 is 6.74. The molecule has 4 aromatic rings. The van der Waals surface area contributed by atoms with Gasteiger partial charge < -0.3 is 4.74 Å². The highest BCUT2D eigenvalue weighted by atomic mass is 16.6. The number of rotatable bonds is 3. The van der Waals surface area contributed by atoms with Gasteiger partial charge in [0.15, 0.2) is 5.70 Å². The van der Waals surface area contributed by atoms with E-state index in [0.717, 1.165) is 21.9 Å². The van der Waals surface area contributed by atoms with Crippen LogP contribution in [0.2, 0.25) is 0 Å². The second-order valence-corrected chi connectivity index (χ2v) is 7.13. The Morgan fingerprint density at radius 1 is 0.968 bits per heavy atom. The molecule has 0 aliphatic carbocycles. The summed E-state index contributed by atoms with van der Waals surface area (Å²) >= 11 is 0. The highest BCUT2D eigenvalue weighted by Crippen LogP contribution is 2.28. The predicted molar refractivity (Wildman–Crippen MR) is 119 cm³/mol. The monoisotopic (exact) mass is 407 g/mol. The van der Waals surface area contributed by atoms with Gasteiger partial charge in [-0.05, 0) is 22.9 Å². The van der Waals surface area contributed by atoms with E-state index in [1.807, 2.05) is 72.8 Å². The molecule has 0 atom stereocenters. The van der Waals surface area contributed by atoms with Crippen molar-refractivity contribution in [2.24, 2.45) is 4.99 Å². The number of benzene rings is 3. The molecule has 1 aromatic heterocycles. The van der Waals surface area contributed by atoms with Gasteiger partial charge >= 0.3 is 5.97 Å². The number of fused-ring (bicyclic) bond motifs is 1. The van der Waals surface area contributed by atoms with E-state index in [0.29, 0.717) is 11.3 Å². The van der Waals surface area contributed by atoms with Crippen LogP contribution in [0.1, 0.15) is 22.8 Å². The average Bonchev–Trinajstić information content (AvgIpc) is 3.38. The zero-order valence-electron chi connectivity index (χ0n) is 16.6. The SMILES string of the molecule is CC(=O)n1cc(/C=C2\N=C(c3cccc4ccccc34)OC2=O)c(-c2ccccc2)n1. The first-order valence-corrected chi connectivity index (χ1v) is 9.77. The Bertz CT molecular complexity index is 1390. The molecular weight excluding hydrogens is 390 g/mol. The Hall–Kier alpha value is -4.32. The molecule has 150 valence electrons. The molecule has 0 spiro atoms. The van der Waals surface area contributed by atoms with E-state index in [1.165, 1.54) is 11.6 Å². The Morgan fingerprint density at radius 3 is 2.52 bits per heavy atom. The van der Waals surface area contributed by atoms with Gasteiger partial charge in [0.05, 0.1) is 0 Å². The maximum absolute atomic E-state index is 12.6. The lowest BCUT2D eigenvalue weighted by atomic mass is 10.0. The maximum Gasteiger partial charge on any atom is 0.363 e. The second-order valence-electron chi connectivity index (χ2n) is 7.13. The quantitative estimate of drug-likeness (QED) is 0.364.